The van der Waals surface area contributed by atoms with Gasteiger partial charge in [0.05, 0.1) is 11.8 Å². The van der Waals surface area contributed by atoms with Crippen molar-refractivity contribution < 1.29 is 24.2 Å². The zero-order chi connectivity index (χ0) is 22.7. The Kier molecular flexibility index (Phi) is 6.44. The quantitative estimate of drug-likeness (QED) is 0.616. The first kappa shape index (κ1) is 21.9. The van der Waals surface area contributed by atoms with Gasteiger partial charge in [0.25, 0.3) is 0 Å². The predicted molar refractivity (Wildman–Crippen MR) is 119 cm³/mol. The van der Waals surface area contributed by atoms with Crippen LogP contribution in [0.1, 0.15) is 43.2 Å². The molecule has 3 atom stereocenters. The summed E-state index contributed by atoms with van der Waals surface area (Å²) in [5.74, 6) is -1.86. The second-order valence-corrected chi connectivity index (χ2v) is 8.66. The summed E-state index contributed by atoms with van der Waals surface area (Å²) in [4.78, 5) is 35.7. The second-order valence-electron chi connectivity index (χ2n) is 8.66. The van der Waals surface area contributed by atoms with E-state index in [1.165, 1.54) is 11.1 Å². The van der Waals surface area contributed by atoms with Crippen LogP contribution in [-0.2, 0) is 14.3 Å². The summed E-state index contributed by atoms with van der Waals surface area (Å²) in [7, 11) is 0. The third-order valence-electron chi connectivity index (χ3n) is 6.47. The van der Waals surface area contributed by atoms with Crippen molar-refractivity contribution in [1.82, 2.24) is 10.6 Å². The first-order valence-electron chi connectivity index (χ1n) is 11.1. The molecule has 1 fully saturated rings. The van der Waals surface area contributed by atoms with E-state index in [0.29, 0.717) is 19.3 Å². The SMILES string of the molecule is CC(CNC(=O)OCC1c2ccccc2-c2ccccc21)C(=O)N[C@H]1CC[C@@H](C(=O)O)C1. The van der Waals surface area contributed by atoms with Crippen molar-refractivity contribution in [2.45, 2.75) is 38.1 Å². The maximum Gasteiger partial charge on any atom is 0.407 e. The van der Waals surface area contributed by atoms with Crippen molar-refractivity contribution >= 4 is 18.0 Å². The number of ether oxygens (including phenoxy) is 1. The summed E-state index contributed by atoms with van der Waals surface area (Å²) in [5.41, 5.74) is 4.62. The van der Waals surface area contributed by atoms with Crippen LogP contribution in [0.15, 0.2) is 48.5 Å². The number of fused-ring (bicyclic) bond motifs is 3. The summed E-state index contributed by atoms with van der Waals surface area (Å²) < 4.78 is 5.50. The van der Waals surface area contributed by atoms with Crippen LogP contribution < -0.4 is 10.6 Å². The van der Waals surface area contributed by atoms with Crippen LogP contribution in [0.25, 0.3) is 11.1 Å². The highest BCUT2D eigenvalue weighted by molar-refractivity contribution is 5.80. The van der Waals surface area contributed by atoms with Crippen molar-refractivity contribution in [3.05, 3.63) is 59.7 Å². The number of carbonyl (C=O) groups is 3. The van der Waals surface area contributed by atoms with E-state index in [1.54, 1.807) is 6.92 Å². The maximum atomic E-state index is 12.4. The third kappa shape index (κ3) is 4.61. The molecule has 2 aromatic rings. The number of nitrogens with one attached hydrogen (secondary N) is 2. The maximum absolute atomic E-state index is 12.4. The largest absolute Gasteiger partial charge is 0.481 e. The van der Waals surface area contributed by atoms with Gasteiger partial charge in [-0.2, -0.15) is 0 Å². The summed E-state index contributed by atoms with van der Waals surface area (Å²) in [6, 6.07) is 16.1. The lowest BCUT2D eigenvalue weighted by Gasteiger charge is -2.18. The van der Waals surface area contributed by atoms with Gasteiger partial charge in [-0.3, -0.25) is 9.59 Å². The Bertz CT molecular complexity index is 975. The third-order valence-corrected chi connectivity index (χ3v) is 6.47. The first-order valence-corrected chi connectivity index (χ1v) is 11.1. The van der Waals surface area contributed by atoms with Gasteiger partial charge in [0.2, 0.25) is 5.91 Å². The molecular weight excluding hydrogens is 408 g/mol. The molecule has 2 aliphatic carbocycles. The molecule has 0 bridgehead atoms. The highest BCUT2D eigenvalue weighted by atomic mass is 16.5. The van der Waals surface area contributed by atoms with E-state index in [4.69, 9.17) is 9.84 Å². The molecule has 3 N–H and O–H groups in total. The minimum absolute atomic E-state index is 0.0154. The van der Waals surface area contributed by atoms with Gasteiger partial charge in [0.15, 0.2) is 0 Å². The number of aliphatic carboxylic acids is 1. The molecule has 2 amide bonds. The minimum Gasteiger partial charge on any atom is -0.481 e. The van der Waals surface area contributed by atoms with E-state index in [9.17, 15) is 14.4 Å². The average Bonchev–Trinajstić information content (AvgIpc) is 3.39. The number of alkyl carbamates (subject to hydrolysis) is 1. The molecule has 1 saturated carbocycles. The second kappa shape index (κ2) is 9.42. The molecule has 0 aromatic heterocycles. The van der Waals surface area contributed by atoms with Crippen LogP contribution in [0.2, 0.25) is 0 Å². The lowest BCUT2D eigenvalue weighted by molar-refractivity contribution is -0.141. The molecule has 0 saturated heterocycles. The van der Waals surface area contributed by atoms with Gasteiger partial charge in [-0.15, -0.1) is 0 Å². The van der Waals surface area contributed by atoms with Crippen molar-refractivity contribution in [1.29, 1.82) is 0 Å². The van der Waals surface area contributed by atoms with Gasteiger partial charge < -0.3 is 20.5 Å². The molecule has 4 rings (SSSR count). The minimum atomic E-state index is -0.813. The number of carboxylic acid groups (broad SMARTS) is 1. The topological polar surface area (TPSA) is 105 Å². The zero-order valence-corrected chi connectivity index (χ0v) is 18.0. The average molecular weight is 437 g/mol. The van der Waals surface area contributed by atoms with Crippen molar-refractivity contribution in [2.75, 3.05) is 13.2 Å². The Morgan fingerprint density at radius 3 is 2.25 bits per heavy atom. The van der Waals surface area contributed by atoms with E-state index < -0.39 is 23.9 Å². The van der Waals surface area contributed by atoms with Crippen molar-refractivity contribution in [3.63, 3.8) is 0 Å². The highest BCUT2D eigenvalue weighted by Crippen LogP contribution is 2.44. The van der Waals surface area contributed by atoms with Crippen LogP contribution in [0.5, 0.6) is 0 Å². The fourth-order valence-corrected chi connectivity index (χ4v) is 4.66. The molecule has 0 radical (unpaired) electrons. The molecule has 7 heteroatoms. The zero-order valence-electron chi connectivity index (χ0n) is 18.0. The number of benzene rings is 2. The van der Waals surface area contributed by atoms with E-state index >= 15 is 0 Å². The molecule has 0 aliphatic heterocycles. The fraction of sp³-hybridized carbons (Fsp3) is 0.400. The number of carboxylic acids is 1. The lowest BCUT2D eigenvalue weighted by atomic mass is 9.98. The van der Waals surface area contributed by atoms with Gasteiger partial charge in [-0.25, -0.2) is 4.79 Å². The summed E-state index contributed by atoms with van der Waals surface area (Å²) >= 11 is 0. The van der Waals surface area contributed by atoms with Gasteiger partial charge >= 0.3 is 12.1 Å². The Labute approximate surface area is 187 Å². The van der Waals surface area contributed by atoms with Gasteiger partial charge in [-0.05, 0) is 41.5 Å². The molecule has 0 heterocycles. The van der Waals surface area contributed by atoms with E-state index in [1.807, 2.05) is 24.3 Å². The standard InChI is InChI=1S/C25H28N2O5/c1-15(23(28)27-17-11-10-16(12-17)24(29)30)13-26-25(31)32-14-22-20-8-4-2-6-18(20)19-7-3-5-9-21(19)22/h2-9,15-17,22H,10-14H2,1H3,(H,26,31)(H,27,28)(H,29,30)/t15?,16-,17+/m1/s1. The summed E-state index contributed by atoms with van der Waals surface area (Å²) in [6.45, 7) is 2.10. The molecule has 7 nitrogen and oxygen atoms in total. The molecule has 2 aliphatic rings. The van der Waals surface area contributed by atoms with Gasteiger partial charge in [0, 0.05) is 18.5 Å². The predicted octanol–water partition coefficient (Wildman–Crippen LogP) is 3.53. The lowest BCUT2D eigenvalue weighted by Crippen LogP contribution is -2.41. The van der Waals surface area contributed by atoms with Gasteiger partial charge in [-0.1, -0.05) is 55.5 Å². The van der Waals surface area contributed by atoms with Gasteiger partial charge in [0.1, 0.15) is 6.61 Å². The summed E-state index contributed by atoms with van der Waals surface area (Å²) in [5, 5.41) is 14.6. The Balaban J connectivity index is 1.25. The molecule has 1 unspecified atom stereocenters. The van der Waals surface area contributed by atoms with Crippen LogP contribution >= 0.6 is 0 Å². The number of hydrogen-bond acceptors (Lipinski definition) is 4. The van der Waals surface area contributed by atoms with E-state index in [-0.39, 0.29) is 31.0 Å². The Morgan fingerprint density at radius 2 is 1.66 bits per heavy atom. The van der Waals surface area contributed by atoms with Crippen molar-refractivity contribution in [2.24, 2.45) is 11.8 Å². The molecule has 2 aromatic carbocycles. The van der Waals surface area contributed by atoms with Crippen LogP contribution in [0.3, 0.4) is 0 Å². The monoisotopic (exact) mass is 436 g/mol. The molecule has 0 spiro atoms. The van der Waals surface area contributed by atoms with E-state index in [2.05, 4.69) is 34.9 Å². The highest BCUT2D eigenvalue weighted by Gasteiger charge is 2.32. The number of carbonyl (C=O) groups excluding carboxylic acids is 2. The fourth-order valence-electron chi connectivity index (χ4n) is 4.66. The Morgan fingerprint density at radius 1 is 1.03 bits per heavy atom. The molecular formula is C25H28N2O5. The number of rotatable bonds is 7. The summed E-state index contributed by atoms with van der Waals surface area (Å²) in [6.07, 6.45) is 1.13. The number of hydrogen-bond donors (Lipinski definition) is 3. The normalized spacial score (nSPS) is 20.2. The smallest absolute Gasteiger partial charge is 0.407 e. The molecule has 168 valence electrons. The molecule has 32 heavy (non-hydrogen) atoms. The number of amides is 2. The Hall–Kier alpha value is -3.35. The van der Waals surface area contributed by atoms with Crippen LogP contribution in [0.4, 0.5) is 4.79 Å². The van der Waals surface area contributed by atoms with Crippen molar-refractivity contribution in [3.8, 4) is 11.1 Å². The van der Waals surface area contributed by atoms with Crippen LogP contribution in [-0.4, -0.2) is 42.3 Å². The first-order chi connectivity index (χ1) is 15.4. The van der Waals surface area contributed by atoms with E-state index in [0.717, 1.165) is 11.1 Å². The van der Waals surface area contributed by atoms with Crippen LogP contribution in [0, 0.1) is 11.8 Å².